The van der Waals surface area contributed by atoms with Crippen LogP contribution in [-0.2, 0) is 4.79 Å². The zero-order chi connectivity index (χ0) is 20.5. The topological polar surface area (TPSA) is 106 Å². The highest BCUT2D eigenvalue weighted by atomic mass is 35.5. The Hall–Kier alpha value is -3.26. The summed E-state index contributed by atoms with van der Waals surface area (Å²) < 4.78 is 10.6. The molecule has 0 fully saturated rings. The fraction of sp³-hybridized carbons (Fsp3) is 0.211. The summed E-state index contributed by atoms with van der Waals surface area (Å²) in [6.45, 7) is 1.97. The van der Waals surface area contributed by atoms with E-state index in [-0.39, 0.29) is 12.1 Å². The number of carbonyl (C=O) groups is 3. The van der Waals surface area contributed by atoms with Crippen LogP contribution < -0.4 is 25.6 Å². The number of rotatable bonds is 7. The van der Waals surface area contributed by atoms with Crippen molar-refractivity contribution in [1.82, 2.24) is 16.2 Å². The highest BCUT2D eigenvalue weighted by molar-refractivity contribution is 6.31. The number of methoxy groups -OCH3 is 1. The lowest BCUT2D eigenvalue weighted by molar-refractivity contribution is -0.120. The summed E-state index contributed by atoms with van der Waals surface area (Å²) in [6, 6.07) is 10.9. The maximum Gasteiger partial charge on any atom is 0.269 e. The quantitative estimate of drug-likeness (QED) is 0.610. The molecule has 0 saturated carbocycles. The Labute approximate surface area is 167 Å². The zero-order valence-corrected chi connectivity index (χ0v) is 16.1. The molecule has 0 radical (unpaired) electrons. The molecule has 0 spiro atoms. The minimum absolute atomic E-state index is 0.267. The molecule has 0 aromatic heterocycles. The van der Waals surface area contributed by atoms with Gasteiger partial charge in [0.1, 0.15) is 0 Å². The number of hydrogen-bond acceptors (Lipinski definition) is 5. The van der Waals surface area contributed by atoms with E-state index < -0.39 is 17.7 Å². The predicted octanol–water partition coefficient (Wildman–Crippen LogP) is 1.94. The molecule has 2 rings (SSSR count). The molecule has 0 unspecified atom stereocenters. The van der Waals surface area contributed by atoms with Gasteiger partial charge in [-0.1, -0.05) is 17.7 Å². The van der Waals surface area contributed by atoms with Gasteiger partial charge in [-0.3, -0.25) is 25.2 Å². The summed E-state index contributed by atoms with van der Waals surface area (Å²) in [5.74, 6) is -0.693. The summed E-state index contributed by atoms with van der Waals surface area (Å²) in [5, 5.41) is 2.84. The Morgan fingerprint density at radius 2 is 1.71 bits per heavy atom. The van der Waals surface area contributed by atoms with E-state index in [9.17, 15) is 14.4 Å². The normalized spacial score (nSPS) is 9.96. The summed E-state index contributed by atoms with van der Waals surface area (Å²) in [7, 11) is 1.46. The monoisotopic (exact) mass is 405 g/mol. The first kappa shape index (κ1) is 21.0. The first-order chi connectivity index (χ1) is 13.4. The summed E-state index contributed by atoms with van der Waals surface area (Å²) in [4.78, 5) is 35.9. The maximum absolute atomic E-state index is 12.2. The van der Waals surface area contributed by atoms with Crippen LogP contribution in [0.25, 0.3) is 0 Å². The van der Waals surface area contributed by atoms with Crippen molar-refractivity contribution >= 4 is 29.3 Å². The molecule has 0 saturated heterocycles. The number of carbonyl (C=O) groups excluding carboxylic acids is 3. The van der Waals surface area contributed by atoms with E-state index in [1.165, 1.54) is 25.3 Å². The number of hydrogen-bond donors (Lipinski definition) is 3. The number of amides is 3. The minimum atomic E-state index is -0.596. The molecule has 0 aliphatic heterocycles. The Balaban J connectivity index is 1.85. The van der Waals surface area contributed by atoms with E-state index in [0.29, 0.717) is 28.7 Å². The van der Waals surface area contributed by atoms with Gasteiger partial charge < -0.3 is 14.8 Å². The third-order valence-electron chi connectivity index (χ3n) is 3.54. The maximum atomic E-state index is 12.2. The molecule has 148 valence electrons. The van der Waals surface area contributed by atoms with Gasteiger partial charge in [-0.25, -0.2) is 0 Å². The van der Waals surface area contributed by atoms with Crippen LogP contribution in [0.3, 0.4) is 0 Å². The molecule has 0 aliphatic rings. The van der Waals surface area contributed by atoms with E-state index in [4.69, 9.17) is 21.1 Å². The Kier molecular flexibility index (Phi) is 7.65. The Morgan fingerprint density at radius 1 is 0.964 bits per heavy atom. The molecular formula is C19H20ClN3O5. The van der Waals surface area contributed by atoms with Gasteiger partial charge in [0.05, 0.1) is 20.3 Å². The number of nitrogens with one attached hydrogen (secondary N) is 3. The highest BCUT2D eigenvalue weighted by Crippen LogP contribution is 2.27. The van der Waals surface area contributed by atoms with Crippen molar-refractivity contribution in [3.63, 3.8) is 0 Å². The minimum Gasteiger partial charge on any atom is -0.493 e. The van der Waals surface area contributed by atoms with Crippen molar-refractivity contribution in [3.05, 3.63) is 58.6 Å². The average molecular weight is 406 g/mol. The third-order valence-corrected chi connectivity index (χ3v) is 3.77. The van der Waals surface area contributed by atoms with E-state index in [2.05, 4.69) is 16.2 Å². The van der Waals surface area contributed by atoms with Gasteiger partial charge >= 0.3 is 0 Å². The van der Waals surface area contributed by atoms with Crippen LogP contribution in [0.5, 0.6) is 11.5 Å². The molecule has 0 aliphatic carbocycles. The molecule has 0 atom stereocenters. The lowest BCUT2D eigenvalue weighted by Gasteiger charge is -2.12. The van der Waals surface area contributed by atoms with Crippen LogP contribution in [0.2, 0.25) is 5.02 Å². The van der Waals surface area contributed by atoms with Crippen molar-refractivity contribution < 1.29 is 23.9 Å². The summed E-state index contributed by atoms with van der Waals surface area (Å²) in [6.07, 6.45) is 0. The lowest BCUT2D eigenvalue weighted by Crippen LogP contribution is -2.46. The Morgan fingerprint density at radius 3 is 2.39 bits per heavy atom. The van der Waals surface area contributed by atoms with Crippen molar-refractivity contribution in [2.45, 2.75) is 6.92 Å². The van der Waals surface area contributed by atoms with Crippen molar-refractivity contribution in [1.29, 1.82) is 0 Å². The second-order valence-corrected chi connectivity index (χ2v) is 5.93. The predicted molar refractivity (Wildman–Crippen MR) is 104 cm³/mol. The van der Waals surface area contributed by atoms with Crippen LogP contribution >= 0.6 is 11.6 Å². The van der Waals surface area contributed by atoms with Crippen LogP contribution in [0.1, 0.15) is 27.6 Å². The van der Waals surface area contributed by atoms with E-state index in [1.54, 1.807) is 24.3 Å². The van der Waals surface area contributed by atoms with Crippen molar-refractivity contribution in [3.8, 4) is 11.5 Å². The number of benzene rings is 2. The first-order valence-corrected chi connectivity index (χ1v) is 8.76. The molecule has 3 amide bonds. The molecule has 2 aromatic carbocycles. The molecule has 0 bridgehead atoms. The largest absolute Gasteiger partial charge is 0.493 e. The van der Waals surface area contributed by atoms with Gasteiger partial charge in [-0.05, 0) is 43.3 Å². The van der Waals surface area contributed by atoms with Crippen LogP contribution in [0, 0.1) is 0 Å². The van der Waals surface area contributed by atoms with Crippen molar-refractivity contribution in [2.75, 3.05) is 20.3 Å². The zero-order valence-electron chi connectivity index (χ0n) is 15.4. The first-order valence-electron chi connectivity index (χ1n) is 8.38. The molecule has 28 heavy (non-hydrogen) atoms. The van der Waals surface area contributed by atoms with Crippen LogP contribution in [0.15, 0.2) is 42.5 Å². The number of hydrazine groups is 1. The summed E-state index contributed by atoms with van der Waals surface area (Å²) >= 11 is 5.82. The van der Waals surface area contributed by atoms with Gasteiger partial charge in [0.2, 0.25) is 0 Å². The molecule has 3 N–H and O–H groups in total. The number of ether oxygens (including phenoxy) is 2. The van der Waals surface area contributed by atoms with Gasteiger partial charge in [-0.2, -0.15) is 0 Å². The average Bonchev–Trinajstić information content (AvgIpc) is 2.70. The molecule has 9 heteroatoms. The van der Waals surface area contributed by atoms with Crippen LogP contribution in [0.4, 0.5) is 0 Å². The van der Waals surface area contributed by atoms with Gasteiger partial charge in [0, 0.05) is 16.1 Å². The van der Waals surface area contributed by atoms with Crippen LogP contribution in [-0.4, -0.2) is 38.0 Å². The second-order valence-electron chi connectivity index (χ2n) is 5.49. The number of halogens is 1. The van der Waals surface area contributed by atoms with E-state index in [1.807, 2.05) is 6.92 Å². The van der Waals surface area contributed by atoms with Gasteiger partial charge in [0.25, 0.3) is 17.7 Å². The molecule has 0 heterocycles. The lowest BCUT2D eigenvalue weighted by atomic mass is 10.2. The molecule has 2 aromatic rings. The highest BCUT2D eigenvalue weighted by Gasteiger charge is 2.13. The third kappa shape index (κ3) is 5.88. The smallest absolute Gasteiger partial charge is 0.269 e. The molecule has 8 nitrogen and oxygen atoms in total. The van der Waals surface area contributed by atoms with Gasteiger partial charge in [-0.15, -0.1) is 0 Å². The standard InChI is InChI=1S/C19H20ClN3O5/c1-3-28-15-8-7-13(10-16(15)27-2)19(26)23-22-17(24)11-21-18(25)12-5-4-6-14(20)9-12/h4-10H,3,11H2,1-2H3,(H,21,25)(H,22,24)(H,23,26). The fourth-order valence-corrected chi connectivity index (χ4v) is 2.41. The second kappa shape index (κ2) is 10.2. The van der Waals surface area contributed by atoms with Gasteiger partial charge in [0.15, 0.2) is 11.5 Å². The Bertz CT molecular complexity index is 872. The van der Waals surface area contributed by atoms with Crippen molar-refractivity contribution in [2.24, 2.45) is 0 Å². The summed E-state index contributed by atoms with van der Waals surface area (Å²) in [5.41, 5.74) is 5.08. The van der Waals surface area contributed by atoms with E-state index in [0.717, 1.165) is 0 Å². The SMILES string of the molecule is CCOc1ccc(C(=O)NNC(=O)CNC(=O)c2cccc(Cl)c2)cc1OC. The van der Waals surface area contributed by atoms with E-state index >= 15 is 0 Å². The fourth-order valence-electron chi connectivity index (χ4n) is 2.22. The molecular weight excluding hydrogens is 386 g/mol.